The van der Waals surface area contributed by atoms with Gasteiger partial charge in [0.05, 0.1) is 18.7 Å². The van der Waals surface area contributed by atoms with Gasteiger partial charge in [-0.1, -0.05) is 15.9 Å². The maximum atomic E-state index is 13.4. The Balaban J connectivity index is 2.57. The van der Waals surface area contributed by atoms with E-state index < -0.39 is 17.6 Å². The van der Waals surface area contributed by atoms with Crippen molar-refractivity contribution in [1.29, 1.82) is 5.26 Å². The first kappa shape index (κ1) is 12.1. The minimum atomic E-state index is -1.22. The zero-order valence-electron chi connectivity index (χ0n) is 9.04. The lowest BCUT2D eigenvalue weighted by Gasteiger charge is -2.12. The second kappa shape index (κ2) is 4.11. The molecule has 0 spiro atoms. The normalized spacial score (nSPS) is 26.1. The van der Waals surface area contributed by atoms with Gasteiger partial charge in [-0.15, -0.1) is 0 Å². The highest BCUT2D eigenvalue weighted by Gasteiger charge is 2.59. The monoisotopic (exact) mass is 297 g/mol. The number of ether oxygens (including phenoxy) is 1. The first-order valence-corrected chi connectivity index (χ1v) is 5.78. The predicted molar refractivity (Wildman–Crippen MR) is 62.3 cm³/mol. The Hall–Kier alpha value is -1.41. The molecule has 0 unspecified atom stereocenters. The topological polar surface area (TPSA) is 50.1 Å². The van der Waals surface area contributed by atoms with Gasteiger partial charge in [-0.3, -0.25) is 0 Å². The van der Waals surface area contributed by atoms with Gasteiger partial charge in [0.25, 0.3) is 0 Å². The molecule has 0 heterocycles. The van der Waals surface area contributed by atoms with Crippen molar-refractivity contribution in [3.63, 3.8) is 0 Å². The molecule has 2 rings (SSSR count). The fourth-order valence-electron chi connectivity index (χ4n) is 1.85. The largest absolute Gasteiger partial charge is 0.465 e. The Kier molecular flexibility index (Phi) is 2.92. The highest BCUT2D eigenvalue weighted by atomic mass is 79.9. The molecule has 0 amide bonds. The molecule has 17 heavy (non-hydrogen) atoms. The summed E-state index contributed by atoms with van der Waals surface area (Å²) >= 11 is 3.25. The number of carbonyl (C=O) groups excluding carboxylic acids is 1. The van der Waals surface area contributed by atoms with E-state index in [1.165, 1.54) is 13.2 Å². The van der Waals surface area contributed by atoms with Crippen LogP contribution in [0.5, 0.6) is 0 Å². The number of hydrogen-bond donors (Lipinski definition) is 0. The van der Waals surface area contributed by atoms with Crippen molar-refractivity contribution in [1.82, 2.24) is 0 Å². The number of carbonyl (C=O) groups is 1. The van der Waals surface area contributed by atoms with E-state index in [2.05, 4.69) is 20.7 Å². The molecule has 0 saturated heterocycles. The maximum absolute atomic E-state index is 13.4. The molecule has 1 aromatic rings. The van der Waals surface area contributed by atoms with Crippen molar-refractivity contribution in [2.45, 2.75) is 18.0 Å². The van der Waals surface area contributed by atoms with Crippen LogP contribution in [-0.4, -0.2) is 19.3 Å². The Bertz CT molecular complexity index is 526. The number of halogens is 2. The summed E-state index contributed by atoms with van der Waals surface area (Å²) in [6.07, 6.45) is -1.09. The van der Waals surface area contributed by atoms with Gasteiger partial charge in [0.15, 0.2) is 0 Å². The molecule has 0 aromatic heterocycles. The third-order valence-electron chi connectivity index (χ3n) is 2.94. The van der Waals surface area contributed by atoms with E-state index >= 15 is 0 Å². The van der Waals surface area contributed by atoms with Crippen molar-refractivity contribution in [3.05, 3.63) is 33.8 Å². The van der Waals surface area contributed by atoms with Crippen LogP contribution in [0.15, 0.2) is 22.7 Å². The van der Waals surface area contributed by atoms with E-state index in [1.807, 2.05) is 6.07 Å². The lowest BCUT2D eigenvalue weighted by molar-refractivity contribution is 0.0599. The molecule has 0 radical (unpaired) electrons. The van der Waals surface area contributed by atoms with Gasteiger partial charge in [0.1, 0.15) is 11.6 Å². The molecular formula is C12H9BrFNO2. The summed E-state index contributed by atoms with van der Waals surface area (Å²) in [4.78, 5) is 11.6. The zero-order valence-corrected chi connectivity index (χ0v) is 10.6. The lowest BCUT2D eigenvalue weighted by Crippen LogP contribution is -2.15. The summed E-state index contributed by atoms with van der Waals surface area (Å²) in [7, 11) is 1.26. The summed E-state index contributed by atoms with van der Waals surface area (Å²) in [6.45, 7) is 0. The van der Waals surface area contributed by atoms with Gasteiger partial charge >= 0.3 is 5.97 Å². The Labute approximate surface area is 106 Å². The smallest absolute Gasteiger partial charge is 0.338 e. The van der Waals surface area contributed by atoms with Crippen molar-refractivity contribution in [2.24, 2.45) is 0 Å². The van der Waals surface area contributed by atoms with Crippen LogP contribution in [0, 0.1) is 11.3 Å². The highest BCUT2D eigenvalue weighted by Crippen LogP contribution is 2.51. The molecule has 1 saturated carbocycles. The van der Waals surface area contributed by atoms with Gasteiger partial charge in [-0.2, -0.15) is 5.26 Å². The van der Waals surface area contributed by atoms with E-state index in [9.17, 15) is 9.18 Å². The van der Waals surface area contributed by atoms with E-state index in [1.54, 1.807) is 12.1 Å². The average molecular weight is 298 g/mol. The van der Waals surface area contributed by atoms with Crippen LogP contribution < -0.4 is 0 Å². The highest BCUT2D eigenvalue weighted by molar-refractivity contribution is 9.10. The molecule has 0 N–H and O–H groups in total. The minimum absolute atomic E-state index is 0.129. The molecule has 1 aliphatic rings. The van der Waals surface area contributed by atoms with Crippen LogP contribution in [0.25, 0.3) is 0 Å². The standard InChI is InChI=1S/C12H9BrFNO2/c1-17-11(16)8-3-2-7(13)4-9(8)12(6-15)5-10(12)14/h2-4,10H,5H2,1H3/t10-,12-/m0/s1. The predicted octanol–water partition coefficient (Wildman–Crippen LogP) is 2.74. The number of alkyl halides is 1. The van der Waals surface area contributed by atoms with Crippen molar-refractivity contribution in [3.8, 4) is 6.07 Å². The molecule has 3 nitrogen and oxygen atoms in total. The van der Waals surface area contributed by atoms with Crippen LogP contribution in [0.4, 0.5) is 4.39 Å². The van der Waals surface area contributed by atoms with Crippen molar-refractivity contribution >= 4 is 21.9 Å². The van der Waals surface area contributed by atoms with Gasteiger partial charge in [-0.25, -0.2) is 9.18 Å². The van der Waals surface area contributed by atoms with E-state index in [0.29, 0.717) is 10.0 Å². The Morgan fingerprint density at radius 1 is 1.71 bits per heavy atom. The molecule has 5 heteroatoms. The molecule has 0 aliphatic heterocycles. The van der Waals surface area contributed by atoms with Crippen molar-refractivity contribution < 1.29 is 13.9 Å². The SMILES string of the molecule is COC(=O)c1ccc(Br)cc1[C@@]1(C#N)C[C@@H]1F. The Morgan fingerprint density at radius 3 is 2.82 bits per heavy atom. The number of esters is 1. The Morgan fingerprint density at radius 2 is 2.35 bits per heavy atom. The number of nitrogens with zero attached hydrogens (tertiary/aromatic N) is 1. The van der Waals surface area contributed by atoms with E-state index in [4.69, 9.17) is 5.26 Å². The van der Waals surface area contributed by atoms with Gasteiger partial charge in [0.2, 0.25) is 0 Å². The lowest BCUT2D eigenvalue weighted by atomic mass is 9.92. The number of rotatable bonds is 2. The number of benzene rings is 1. The van der Waals surface area contributed by atoms with Crippen LogP contribution in [0.2, 0.25) is 0 Å². The second-order valence-corrected chi connectivity index (χ2v) is 4.85. The van der Waals surface area contributed by atoms with Crippen LogP contribution in [-0.2, 0) is 10.2 Å². The fourth-order valence-corrected chi connectivity index (χ4v) is 2.21. The molecule has 2 atom stereocenters. The molecular weight excluding hydrogens is 289 g/mol. The van der Waals surface area contributed by atoms with Gasteiger partial charge in [-0.05, 0) is 23.8 Å². The number of methoxy groups -OCH3 is 1. The van der Waals surface area contributed by atoms with E-state index in [-0.39, 0.29) is 12.0 Å². The fraction of sp³-hybridized carbons (Fsp3) is 0.333. The maximum Gasteiger partial charge on any atom is 0.338 e. The average Bonchev–Trinajstić information content (AvgIpc) is 3.00. The summed E-state index contributed by atoms with van der Waals surface area (Å²) in [5.41, 5.74) is -0.543. The van der Waals surface area contributed by atoms with E-state index in [0.717, 1.165) is 0 Å². The van der Waals surface area contributed by atoms with Crippen LogP contribution in [0.3, 0.4) is 0 Å². The summed E-state index contributed by atoms with van der Waals surface area (Å²) in [6, 6.07) is 6.77. The van der Waals surface area contributed by atoms with Crippen LogP contribution in [0.1, 0.15) is 22.3 Å². The first-order valence-electron chi connectivity index (χ1n) is 4.99. The quantitative estimate of drug-likeness (QED) is 0.789. The number of hydrogen-bond acceptors (Lipinski definition) is 3. The van der Waals surface area contributed by atoms with Crippen molar-refractivity contribution in [2.75, 3.05) is 7.11 Å². The third-order valence-corrected chi connectivity index (χ3v) is 3.44. The molecule has 88 valence electrons. The summed E-state index contributed by atoms with van der Waals surface area (Å²) in [5, 5.41) is 9.09. The molecule has 1 aromatic carbocycles. The van der Waals surface area contributed by atoms with Crippen LogP contribution >= 0.6 is 15.9 Å². The van der Waals surface area contributed by atoms with Gasteiger partial charge < -0.3 is 4.74 Å². The summed E-state index contributed by atoms with van der Waals surface area (Å²) < 4.78 is 18.7. The number of nitriles is 1. The second-order valence-electron chi connectivity index (χ2n) is 3.94. The minimum Gasteiger partial charge on any atom is -0.465 e. The third kappa shape index (κ3) is 1.83. The first-order chi connectivity index (χ1) is 8.05. The molecule has 1 aliphatic carbocycles. The zero-order chi connectivity index (χ0) is 12.6. The van der Waals surface area contributed by atoms with Gasteiger partial charge in [0, 0.05) is 10.9 Å². The molecule has 1 fully saturated rings. The molecule has 0 bridgehead atoms. The summed E-state index contributed by atoms with van der Waals surface area (Å²) in [5.74, 6) is -0.554.